The van der Waals surface area contributed by atoms with Gasteiger partial charge in [0.2, 0.25) is 5.91 Å². The van der Waals surface area contributed by atoms with E-state index in [1.54, 1.807) is 19.5 Å². The molecule has 1 fully saturated rings. The van der Waals surface area contributed by atoms with E-state index in [9.17, 15) is 4.79 Å². The summed E-state index contributed by atoms with van der Waals surface area (Å²) < 4.78 is 4.92. The zero-order valence-electron chi connectivity index (χ0n) is 10.6. The van der Waals surface area contributed by atoms with E-state index in [2.05, 4.69) is 10.3 Å². The van der Waals surface area contributed by atoms with Gasteiger partial charge >= 0.3 is 0 Å². The van der Waals surface area contributed by atoms with Crippen molar-refractivity contribution < 1.29 is 9.53 Å². The van der Waals surface area contributed by atoms with E-state index in [1.807, 2.05) is 17.0 Å². The van der Waals surface area contributed by atoms with Gasteiger partial charge in [-0.15, -0.1) is 0 Å². The van der Waals surface area contributed by atoms with E-state index < -0.39 is 0 Å². The third-order valence-corrected chi connectivity index (χ3v) is 3.09. The number of carbonyl (C=O) groups excluding carboxylic acids is 1. The topological polar surface area (TPSA) is 54.5 Å². The van der Waals surface area contributed by atoms with E-state index in [0.29, 0.717) is 19.1 Å². The van der Waals surface area contributed by atoms with Crippen molar-refractivity contribution in [2.24, 2.45) is 0 Å². The summed E-state index contributed by atoms with van der Waals surface area (Å²) in [6.45, 7) is 2.08. The van der Waals surface area contributed by atoms with E-state index in [4.69, 9.17) is 4.74 Å². The number of ether oxygens (including phenoxy) is 1. The molecule has 1 saturated heterocycles. The van der Waals surface area contributed by atoms with Gasteiger partial charge in [0, 0.05) is 38.6 Å². The summed E-state index contributed by atoms with van der Waals surface area (Å²) in [4.78, 5) is 17.8. The molecular weight excluding hydrogens is 230 g/mol. The van der Waals surface area contributed by atoms with E-state index in [-0.39, 0.29) is 5.91 Å². The van der Waals surface area contributed by atoms with Gasteiger partial charge in [-0.25, -0.2) is 0 Å². The first-order valence-corrected chi connectivity index (χ1v) is 6.23. The first-order chi connectivity index (χ1) is 8.79. The van der Waals surface area contributed by atoms with Crippen LogP contribution in [0.25, 0.3) is 0 Å². The van der Waals surface area contributed by atoms with Gasteiger partial charge in [0.15, 0.2) is 0 Å². The van der Waals surface area contributed by atoms with Crippen LogP contribution in [0.4, 0.5) is 5.69 Å². The molecule has 1 aromatic heterocycles. The highest BCUT2D eigenvalue weighted by molar-refractivity contribution is 5.76. The molecule has 98 valence electrons. The molecule has 5 heteroatoms. The minimum absolute atomic E-state index is 0.173. The van der Waals surface area contributed by atoms with Gasteiger partial charge in [0.25, 0.3) is 0 Å². The summed E-state index contributed by atoms with van der Waals surface area (Å²) in [5, 5.41) is 3.39. The van der Waals surface area contributed by atoms with Crippen molar-refractivity contribution in [2.45, 2.75) is 18.9 Å². The molecule has 1 N–H and O–H groups in total. The third-order valence-electron chi connectivity index (χ3n) is 3.09. The minimum Gasteiger partial charge on any atom is -0.384 e. The van der Waals surface area contributed by atoms with Gasteiger partial charge < -0.3 is 15.0 Å². The molecule has 0 radical (unpaired) electrons. The highest BCUT2D eigenvalue weighted by Crippen LogP contribution is 2.15. The maximum atomic E-state index is 11.8. The monoisotopic (exact) mass is 249 g/mol. The molecule has 2 rings (SSSR count). The Kier molecular flexibility index (Phi) is 4.52. The fourth-order valence-electron chi connectivity index (χ4n) is 2.14. The highest BCUT2D eigenvalue weighted by atomic mass is 16.5. The molecule has 0 unspecified atom stereocenters. The number of hydrogen-bond acceptors (Lipinski definition) is 4. The average Bonchev–Trinajstić information content (AvgIpc) is 2.86. The average molecular weight is 249 g/mol. The van der Waals surface area contributed by atoms with E-state index in [1.165, 1.54) is 0 Å². The molecule has 1 amide bonds. The lowest BCUT2D eigenvalue weighted by atomic mass is 10.2. The third kappa shape index (κ3) is 3.43. The number of pyridine rings is 1. The van der Waals surface area contributed by atoms with E-state index >= 15 is 0 Å². The lowest BCUT2D eigenvalue weighted by Gasteiger charge is -2.17. The maximum Gasteiger partial charge on any atom is 0.224 e. The van der Waals surface area contributed by atoms with Gasteiger partial charge in [-0.1, -0.05) is 0 Å². The molecule has 0 aliphatic carbocycles. The Morgan fingerprint density at radius 2 is 2.56 bits per heavy atom. The normalized spacial score (nSPS) is 18.9. The Labute approximate surface area is 107 Å². The molecule has 0 saturated carbocycles. The largest absolute Gasteiger partial charge is 0.384 e. The number of nitrogens with zero attached hydrogens (tertiary/aromatic N) is 2. The van der Waals surface area contributed by atoms with Crippen LogP contribution in [0.5, 0.6) is 0 Å². The van der Waals surface area contributed by atoms with Gasteiger partial charge in [-0.3, -0.25) is 9.78 Å². The van der Waals surface area contributed by atoms with Crippen molar-refractivity contribution in [3.8, 4) is 0 Å². The summed E-state index contributed by atoms with van der Waals surface area (Å²) in [6, 6.07) is 4.21. The first-order valence-electron chi connectivity index (χ1n) is 6.23. The SMILES string of the molecule is COCCC(=O)N1CC[C@H](Nc2cccnc2)C1. The minimum atomic E-state index is 0.173. The van der Waals surface area contributed by atoms with Gasteiger partial charge in [-0.05, 0) is 18.6 Å². The number of carbonyl (C=O) groups is 1. The van der Waals surface area contributed by atoms with E-state index in [0.717, 1.165) is 25.2 Å². The molecule has 18 heavy (non-hydrogen) atoms. The van der Waals surface area contributed by atoms with Crippen molar-refractivity contribution in [2.75, 3.05) is 32.1 Å². The molecule has 2 heterocycles. The zero-order chi connectivity index (χ0) is 12.8. The van der Waals surface area contributed by atoms with Gasteiger partial charge in [0.1, 0.15) is 0 Å². The van der Waals surface area contributed by atoms with Crippen LogP contribution in [0, 0.1) is 0 Å². The van der Waals surface area contributed by atoms with Crippen molar-refractivity contribution >= 4 is 11.6 Å². The van der Waals surface area contributed by atoms with Crippen molar-refractivity contribution in [3.63, 3.8) is 0 Å². The number of methoxy groups -OCH3 is 1. The Hall–Kier alpha value is -1.62. The number of anilines is 1. The van der Waals surface area contributed by atoms with Crippen LogP contribution in [0.15, 0.2) is 24.5 Å². The smallest absolute Gasteiger partial charge is 0.224 e. The van der Waals surface area contributed by atoms with Crippen molar-refractivity contribution in [1.29, 1.82) is 0 Å². The molecule has 1 aliphatic rings. The second kappa shape index (κ2) is 6.35. The summed E-state index contributed by atoms with van der Waals surface area (Å²) >= 11 is 0. The molecule has 0 spiro atoms. The van der Waals surface area contributed by atoms with Crippen LogP contribution in [0.3, 0.4) is 0 Å². The predicted molar refractivity (Wildman–Crippen MR) is 69.3 cm³/mol. The second-order valence-electron chi connectivity index (χ2n) is 4.45. The van der Waals surface area contributed by atoms with Crippen LogP contribution >= 0.6 is 0 Å². The lowest BCUT2D eigenvalue weighted by molar-refractivity contribution is -0.131. The molecule has 1 atom stereocenters. The lowest BCUT2D eigenvalue weighted by Crippen LogP contribution is -2.32. The summed E-state index contributed by atoms with van der Waals surface area (Å²) in [5.41, 5.74) is 1.01. The second-order valence-corrected chi connectivity index (χ2v) is 4.45. The van der Waals surface area contributed by atoms with Crippen LogP contribution in [0.1, 0.15) is 12.8 Å². The quantitative estimate of drug-likeness (QED) is 0.850. The zero-order valence-corrected chi connectivity index (χ0v) is 10.6. The first kappa shape index (κ1) is 12.8. The molecule has 1 aromatic rings. The fraction of sp³-hybridized carbons (Fsp3) is 0.538. The molecule has 1 aliphatic heterocycles. The number of hydrogen-bond donors (Lipinski definition) is 1. The standard InChI is InChI=1S/C13H19N3O2/c1-18-8-5-13(17)16-7-4-12(10-16)15-11-3-2-6-14-9-11/h2-3,6,9,12,15H,4-5,7-8,10H2,1H3/t12-/m0/s1. The molecular formula is C13H19N3O2. The van der Waals surface area contributed by atoms with Crippen LogP contribution in [0.2, 0.25) is 0 Å². The summed E-state index contributed by atoms with van der Waals surface area (Å²) in [7, 11) is 1.62. The number of likely N-dealkylation sites (tertiary alicyclic amines) is 1. The Morgan fingerprint density at radius 1 is 1.67 bits per heavy atom. The fourth-order valence-corrected chi connectivity index (χ4v) is 2.14. The molecule has 0 aromatic carbocycles. The Bertz CT molecular complexity index is 383. The van der Waals surface area contributed by atoms with Crippen LogP contribution in [-0.4, -0.2) is 48.6 Å². The highest BCUT2D eigenvalue weighted by Gasteiger charge is 2.25. The van der Waals surface area contributed by atoms with Crippen molar-refractivity contribution in [1.82, 2.24) is 9.88 Å². The van der Waals surface area contributed by atoms with Gasteiger partial charge in [0.05, 0.1) is 18.7 Å². The Balaban J connectivity index is 1.80. The number of rotatable bonds is 5. The summed E-state index contributed by atoms with van der Waals surface area (Å²) in [5.74, 6) is 0.173. The predicted octanol–water partition coefficient (Wildman–Crippen LogP) is 1.13. The Morgan fingerprint density at radius 3 is 3.28 bits per heavy atom. The number of amides is 1. The van der Waals surface area contributed by atoms with Gasteiger partial charge in [-0.2, -0.15) is 0 Å². The number of nitrogens with one attached hydrogen (secondary N) is 1. The van der Waals surface area contributed by atoms with Crippen LogP contribution in [-0.2, 0) is 9.53 Å². The number of aromatic nitrogens is 1. The summed E-state index contributed by atoms with van der Waals surface area (Å²) in [6.07, 6.45) is 5.00. The molecule has 5 nitrogen and oxygen atoms in total. The maximum absolute atomic E-state index is 11.8. The molecule has 0 bridgehead atoms. The van der Waals surface area contributed by atoms with Crippen molar-refractivity contribution in [3.05, 3.63) is 24.5 Å². The van der Waals surface area contributed by atoms with Crippen LogP contribution < -0.4 is 5.32 Å².